The lowest BCUT2D eigenvalue weighted by Crippen LogP contribution is -2.34. The van der Waals surface area contributed by atoms with Crippen LogP contribution in [0.4, 0.5) is 0 Å². The van der Waals surface area contributed by atoms with Crippen LogP contribution in [0, 0.1) is 0 Å². The third-order valence-electron chi connectivity index (χ3n) is 2.34. The first-order valence-corrected chi connectivity index (χ1v) is 5.80. The van der Waals surface area contributed by atoms with Crippen LogP contribution in [0.1, 0.15) is 10.4 Å². The van der Waals surface area contributed by atoms with Gasteiger partial charge in [0.05, 0.1) is 0 Å². The Morgan fingerprint density at radius 1 is 1.00 bits per heavy atom. The van der Waals surface area contributed by atoms with Crippen molar-refractivity contribution in [2.45, 2.75) is 0 Å². The zero-order valence-electron chi connectivity index (χ0n) is 9.76. The number of hydrogen-bond acceptors (Lipinski definition) is 4. The van der Waals surface area contributed by atoms with Crippen molar-refractivity contribution in [2.24, 2.45) is 0 Å². The average Bonchev–Trinajstić information content (AvgIpc) is 2.42. The van der Waals surface area contributed by atoms with Crippen molar-refractivity contribution in [1.82, 2.24) is 11.0 Å². The second kappa shape index (κ2) is 6.19. The summed E-state index contributed by atoms with van der Waals surface area (Å²) < 4.78 is 5.57. The zero-order valence-corrected chi connectivity index (χ0v) is 10.5. The van der Waals surface area contributed by atoms with Gasteiger partial charge in [0, 0.05) is 10.6 Å². The van der Waals surface area contributed by atoms with Gasteiger partial charge in [-0.25, -0.2) is 0 Å². The number of carbonyl (C=O) groups excluding carboxylic acids is 1. The quantitative estimate of drug-likeness (QED) is 0.752. The summed E-state index contributed by atoms with van der Waals surface area (Å²) in [6, 6.07) is 13.4. The first-order chi connectivity index (χ1) is 9.19. The number of ether oxygens (including phenoxy) is 1. The normalized spacial score (nSPS) is 10.0. The summed E-state index contributed by atoms with van der Waals surface area (Å²) in [7, 11) is 0. The lowest BCUT2D eigenvalue weighted by molar-refractivity contribution is 0.0731. The summed E-state index contributed by atoms with van der Waals surface area (Å²) in [4.78, 5) is 11.4. The van der Waals surface area contributed by atoms with E-state index < -0.39 is 5.91 Å². The lowest BCUT2D eigenvalue weighted by atomic mass is 10.2. The highest BCUT2D eigenvalue weighted by Gasteiger charge is 2.04. The molecule has 0 spiro atoms. The van der Waals surface area contributed by atoms with Crippen molar-refractivity contribution in [3.8, 4) is 11.5 Å². The minimum atomic E-state index is -0.444. The molecule has 0 heterocycles. The number of hydrazine groups is 1. The highest BCUT2D eigenvalue weighted by atomic mass is 35.5. The molecular formula is C13H11ClN2O3. The van der Waals surface area contributed by atoms with E-state index in [1.165, 1.54) is 0 Å². The Bertz CT molecular complexity index is 555. The van der Waals surface area contributed by atoms with Gasteiger partial charge in [-0.15, -0.1) is 5.59 Å². The Morgan fingerprint density at radius 2 is 1.53 bits per heavy atom. The fourth-order valence-electron chi connectivity index (χ4n) is 1.44. The van der Waals surface area contributed by atoms with Gasteiger partial charge >= 0.3 is 0 Å². The van der Waals surface area contributed by atoms with E-state index in [4.69, 9.17) is 21.5 Å². The van der Waals surface area contributed by atoms with Crippen LogP contribution in [0.2, 0.25) is 5.02 Å². The molecule has 2 rings (SSSR count). The number of carbonyl (C=O) groups is 1. The van der Waals surface area contributed by atoms with E-state index in [9.17, 15) is 4.79 Å². The molecule has 0 aliphatic carbocycles. The molecule has 98 valence electrons. The molecule has 1 amide bonds. The maximum atomic E-state index is 11.4. The van der Waals surface area contributed by atoms with E-state index >= 15 is 0 Å². The predicted molar refractivity (Wildman–Crippen MR) is 70.4 cm³/mol. The van der Waals surface area contributed by atoms with E-state index in [1.54, 1.807) is 54.1 Å². The van der Waals surface area contributed by atoms with Crippen LogP contribution >= 0.6 is 11.6 Å². The zero-order chi connectivity index (χ0) is 13.7. The van der Waals surface area contributed by atoms with Crippen molar-refractivity contribution >= 4 is 17.5 Å². The molecule has 3 N–H and O–H groups in total. The number of amides is 1. The van der Waals surface area contributed by atoms with Gasteiger partial charge in [-0.2, -0.15) is 0 Å². The van der Waals surface area contributed by atoms with Crippen molar-refractivity contribution in [2.75, 3.05) is 0 Å². The lowest BCUT2D eigenvalue weighted by Gasteiger charge is -2.07. The van der Waals surface area contributed by atoms with Crippen LogP contribution in [0.15, 0.2) is 48.5 Å². The number of rotatable bonds is 4. The number of hydrogen-bond donors (Lipinski definition) is 3. The summed E-state index contributed by atoms with van der Waals surface area (Å²) in [6.07, 6.45) is 0. The van der Waals surface area contributed by atoms with Crippen LogP contribution in [0.5, 0.6) is 11.5 Å². The second-order valence-corrected chi connectivity index (χ2v) is 4.08. The van der Waals surface area contributed by atoms with Crippen molar-refractivity contribution in [1.29, 1.82) is 0 Å². The summed E-state index contributed by atoms with van der Waals surface area (Å²) in [6.45, 7) is 0. The molecule has 0 saturated heterocycles. The van der Waals surface area contributed by atoms with Crippen LogP contribution in [0.3, 0.4) is 0 Å². The fourth-order valence-corrected chi connectivity index (χ4v) is 1.56. The third kappa shape index (κ3) is 3.69. The molecule has 19 heavy (non-hydrogen) atoms. The van der Waals surface area contributed by atoms with Gasteiger partial charge in [-0.1, -0.05) is 11.6 Å². The van der Waals surface area contributed by atoms with Crippen LogP contribution in [0.25, 0.3) is 0 Å². The average molecular weight is 279 g/mol. The second-order valence-electron chi connectivity index (χ2n) is 3.65. The Labute approximate surface area is 114 Å². The smallest absolute Gasteiger partial charge is 0.267 e. The van der Waals surface area contributed by atoms with E-state index in [2.05, 4.69) is 0 Å². The molecule has 2 aromatic carbocycles. The molecule has 0 unspecified atom stereocenters. The van der Waals surface area contributed by atoms with E-state index in [0.29, 0.717) is 22.1 Å². The monoisotopic (exact) mass is 278 g/mol. The molecule has 0 bridgehead atoms. The molecule has 5 nitrogen and oxygen atoms in total. The molecule has 2 aromatic rings. The predicted octanol–water partition coefficient (Wildman–Crippen LogP) is 2.76. The first-order valence-electron chi connectivity index (χ1n) is 5.42. The van der Waals surface area contributed by atoms with Crippen LogP contribution in [-0.2, 0) is 0 Å². The van der Waals surface area contributed by atoms with Gasteiger partial charge in [0.1, 0.15) is 11.5 Å². The molecule has 0 aliphatic heterocycles. The van der Waals surface area contributed by atoms with Gasteiger partial charge in [0.2, 0.25) is 0 Å². The standard InChI is InChI=1S/C13H11ClN2O3/c14-10-3-7-12(8-4-10)19-11-5-1-9(2-6-11)13(17)15-16-18/h1-8,16,18H,(H,15,17). The summed E-state index contributed by atoms with van der Waals surface area (Å²) in [5.74, 6) is 0.801. The Kier molecular flexibility index (Phi) is 4.35. The molecular weight excluding hydrogens is 268 g/mol. The highest BCUT2D eigenvalue weighted by molar-refractivity contribution is 6.30. The van der Waals surface area contributed by atoms with E-state index in [1.807, 2.05) is 5.43 Å². The Hall–Kier alpha value is -2.08. The number of benzene rings is 2. The highest BCUT2D eigenvalue weighted by Crippen LogP contribution is 2.23. The van der Waals surface area contributed by atoms with Gasteiger partial charge < -0.3 is 4.74 Å². The maximum absolute atomic E-state index is 11.4. The SMILES string of the molecule is O=C(NNO)c1ccc(Oc2ccc(Cl)cc2)cc1. The molecule has 0 saturated carbocycles. The first kappa shape index (κ1) is 13.4. The van der Waals surface area contributed by atoms with Gasteiger partial charge in [0.25, 0.3) is 5.91 Å². The van der Waals surface area contributed by atoms with E-state index in [-0.39, 0.29) is 0 Å². The van der Waals surface area contributed by atoms with Gasteiger partial charge in [-0.05, 0) is 48.5 Å². The molecule has 0 atom stereocenters. The fraction of sp³-hybridized carbons (Fsp3) is 0. The number of nitrogens with one attached hydrogen (secondary N) is 2. The minimum absolute atomic E-state index is 0.394. The molecule has 0 aliphatic rings. The molecule has 0 radical (unpaired) electrons. The number of halogens is 1. The summed E-state index contributed by atoms with van der Waals surface area (Å²) in [5.41, 5.74) is 4.02. The van der Waals surface area contributed by atoms with Crippen molar-refractivity contribution < 1.29 is 14.7 Å². The molecule has 0 aromatic heterocycles. The largest absolute Gasteiger partial charge is 0.457 e. The maximum Gasteiger partial charge on any atom is 0.267 e. The van der Waals surface area contributed by atoms with Crippen molar-refractivity contribution in [3.05, 3.63) is 59.1 Å². The van der Waals surface area contributed by atoms with E-state index in [0.717, 1.165) is 0 Å². The summed E-state index contributed by atoms with van der Waals surface area (Å²) >= 11 is 5.77. The topological polar surface area (TPSA) is 70.6 Å². The Morgan fingerprint density at radius 3 is 2.05 bits per heavy atom. The Balaban J connectivity index is 2.06. The third-order valence-corrected chi connectivity index (χ3v) is 2.59. The molecule has 6 heteroatoms. The minimum Gasteiger partial charge on any atom is -0.457 e. The van der Waals surface area contributed by atoms with Gasteiger partial charge in [-0.3, -0.25) is 15.4 Å². The van der Waals surface area contributed by atoms with Crippen LogP contribution < -0.4 is 15.8 Å². The molecule has 0 fully saturated rings. The van der Waals surface area contributed by atoms with Gasteiger partial charge in [0.15, 0.2) is 0 Å². The summed E-state index contributed by atoms with van der Waals surface area (Å²) in [5, 5.41) is 8.99. The van der Waals surface area contributed by atoms with Crippen molar-refractivity contribution in [3.63, 3.8) is 0 Å². The van der Waals surface area contributed by atoms with Crippen LogP contribution in [-0.4, -0.2) is 11.1 Å².